The van der Waals surface area contributed by atoms with Gasteiger partial charge < -0.3 is 9.72 Å². The molecule has 0 amide bonds. The van der Waals surface area contributed by atoms with Gasteiger partial charge in [-0.3, -0.25) is 14.6 Å². The van der Waals surface area contributed by atoms with Crippen LogP contribution in [0.1, 0.15) is 23.5 Å². The van der Waals surface area contributed by atoms with Crippen molar-refractivity contribution in [1.29, 1.82) is 0 Å². The Morgan fingerprint density at radius 1 is 1.29 bits per heavy atom. The van der Waals surface area contributed by atoms with Crippen molar-refractivity contribution in [3.63, 3.8) is 0 Å². The first-order valence-corrected chi connectivity index (χ1v) is 9.54. The van der Waals surface area contributed by atoms with Crippen molar-refractivity contribution in [2.24, 2.45) is 0 Å². The maximum atomic E-state index is 12.2. The lowest BCUT2D eigenvalue weighted by Crippen LogP contribution is -2.48. The molecule has 0 aromatic carbocycles. The van der Waals surface area contributed by atoms with Crippen molar-refractivity contribution < 1.29 is 4.74 Å². The lowest BCUT2D eigenvalue weighted by atomic mass is 10.0. The monoisotopic (exact) mass is 348 g/mol. The first-order valence-electron chi connectivity index (χ1n) is 8.72. The minimum absolute atomic E-state index is 0.0115. The van der Waals surface area contributed by atoms with Crippen LogP contribution in [0.15, 0.2) is 10.9 Å². The average Bonchev–Trinajstić information content (AvgIpc) is 2.97. The molecule has 0 radical (unpaired) electrons. The molecule has 24 heavy (non-hydrogen) atoms. The van der Waals surface area contributed by atoms with Gasteiger partial charge in [0.05, 0.1) is 25.1 Å². The molecule has 2 saturated heterocycles. The first-order chi connectivity index (χ1) is 11.7. The maximum absolute atomic E-state index is 12.2. The van der Waals surface area contributed by atoms with Gasteiger partial charge in [0, 0.05) is 37.1 Å². The summed E-state index contributed by atoms with van der Waals surface area (Å²) in [5.41, 5.74) is -0.0115. The smallest absolute Gasteiger partial charge is 0.259 e. The van der Waals surface area contributed by atoms with Crippen molar-refractivity contribution in [1.82, 2.24) is 19.8 Å². The first kappa shape index (κ1) is 16.2. The van der Waals surface area contributed by atoms with Crippen LogP contribution in [-0.2, 0) is 11.3 Å². The topological polar surface area (TPSA) is 61.5 Å². The molecule has 0 aliphatic carbocycles. The van der Waals surface area contributed by atoms with Crippen LogP contribution < -0.4 is 5.56 Å². The zero-order chi connectivity index (χ0) is 16.5. The molecule has 2 aliphatic heterocycles. The van der Waals surface area contributed by atoms with Crippen LogP contribution in [0.2, 0.25) is 0 Å². The van der Waals surface area contributed by atoms with Crippen molar-refractivity contribution in [3.8, 4) is 0 Å². The van der Waals surface area contributed by atoms with E-state index in [-0.39, 0.29) is 5.56 Å². The Labute approximate surface area is 145 Å². The minimum atomic E-state index is -0.0115. The molecule has 0 unspecified atom stereocenters. The van der Waals surface area contributed by atoms with Crippen molar-refractivity contribution in [3.05, 3.63) is 27.1 Å². The van der Waals surface area contributed by atoms with E-state index in [1.807, 2.05) is 13.0 Å². The Hall–Kier alpha value is -1.28. The number of fused-ring (bicyclic) bond motifs is 1. The number of hydrogen-bond donors (Lipinski definition) is 1. The van der Waals surface area contributed by atoms with E-state index < -0.39 is 0 Å². The Morgan fingerprint density at radius 2 is 2.04 bits per heavy atom. The van der Waals surface area contributed by atoms with Gasteiger partial charge in [-0.25, -0.2) is 4.98 Å². The quantitative estimate of drug-likeness (QED) is 0.913. The number of morpholine rings is 1. The molecule has 2 aromatic rings. The molecule has 2 aliphatic rings. The van der Waals surface area contributed by atoms with Gasteiger partial charge in [-0.15, -0.1) is 11.3 Å². The van der Waals surface area contributed by atoms with Crippen molar-refractivity contribution in [2.75, 3.05) is 39.4 Å². The SMILES string of the molecule is Cc1cc2c(=O)[nH]c(CN3CCC(N4CCOCC4)CC3)nc2s1. The molecule has 2 aromatic heterocycles. The molecular formula is C17H24N4O2S. The van der Waals surface area contributed by atoms with Gasteiger partial charge in [-0.05, 0) is 25.8 Å². The zero-order valence-corrected chi connectivity index (χ0v) is 14.9. The molecule has 4 heterocycles. The highest BCUT2D eigenvalue weighted by molar-refractivity contribution is 7.18. The largest absolute Gasteiger partial charge is 0.379 e. The summed E-state index contributed by atoms with van der Waals surface area (Å²) >= 11 is 1.59. The molecule has 0 spiro atoms. The minimum Gasteiger partial charge on any atom is -0.379 e. The number of aromatic nitrogens is 2. The number of rotatable bonds is 3. The summed E-state index contributed by atoms with van der Waals surface area (Å²) in [5.74, 6) is 0.791. The number of ether oxygens (including phenoxy) is 1. The van der Waals surface area contributed by atoms with Crippen molar-refractivity contribution >= 4 is 21.6 Å². The van der Waals surface area contributed by atoms with E-state index in [4.69, 9.17) is 4.74 Å². The van der Waals surface area contributed by atoms with Gasteiger partial charge >= 0.3 is 0 Å². The Balaban J connectivity index is 1.39. The van der Waals surface area contributed by atoms with Crippen LogP contribution in [-0.4, -0.2) is 65.2 Å². The number of nitrogens with zero attached hydrogens (tertiary/aromatic N) is 3. The highest BCUT2D eigenvalue weighted by atomic mass is 32.1. The summed E-state index contributed by atoms with van der Waals surface area (Å²) in [6.45, 7) is 8.74. The van der Waals surface area contributed by atoms with Gasteiger partial charge in [0.1, 0.15) is 10.7 Å². The van der Waals surface area contributed by atoms with Gasteiger partial charge in [0.15, 0.2) is 0 Å². The normalized spacial score (nSPS) is 21.5. The molecule has 1 N–H and O–H groups in total. The summed E-state index contributed by atoms with van der Waals surface area (Å²) in [5, 5.41) is 0.715. The molecule has 0 bridgehead atoms. The fourth-order valence-corrected chi connectivity index (χ4v) is 4.67. The van der Waals surface area contributed by atoms with E-state index in [1.54, 1.807) is 11.3 Å². The fourth-order valence-electron chi connectivity index (χ4n) is 3.77. The zero-order valence-electron chi connectivity index (χ0n) is 14.1. The van der Waals surface area contributed by atoms with Gasteiger partial charge in [-0.1, -0.05) is 0 Å². The van der Waals surface area contributed by atoms with Crippen LogP contribution >= 0.6 is 11.3 Å². The summed E-state index contributed by atoms with van der Waals surface area (Å²) < 4.78 is 5.45. The molecule has 0 saturated carbocycles. The van der Waals surface area contributed by atoms with Crippen molar-refractivity contribution in [2.45, 2.75) is 32.4 Å². The van der Waals surface area contributed by atoms with Crippen LogP contribution in [0.4, 0.5) is 0 Å². The Morgan fingerprint density at radius 3 is 2.79 bits per heavy atom. The third-order valence-electron chi connectivity index (χ3n) is 5.07. The predicted octanol–water partition coefficient (Wildman–Crippen LogP) is 1.59. The summed E-state index contributed by atoms with van der Waals surface area (Å²) in [6, 6.07) is 2.60. The Kier molecular flexibility index (Phi) is 4.67. The molecule has 2 fully saturated rings. The Bertz CT molecular complexity index is 758. The lowest BCUT2D eigenvalue weighted by Gasteiger charge is -2.39. The number of piperidine rings is 1. The van der Waals surface area contributed by atoms with Crippen LogP contribution in [0.3, 0.4) is 0 Å². The summed E-state index contributed by atoms with van der Waals surface area (Å²) in [7, 11) is 0. The lowest BCUT2D eigenvalue weighted by molar-refractivity contribution is 0.0000387. The second kappa shape index (κ2) is 6.92. The average molecular weight is 348 g/mol. The number of aromatic amines is 1. The van der Waals surface area contributed by atoms with Gasteiger partial charge in [-0.2, -0.15) is 0 Å². The van der Waals surface area contributed by atoms with Gasteiger partial charge in [0.25, 0.3) is 5.56 Å². The van der Waals surface area contributed by atoms with Gasteiger partial charge in [0.2, 0.25) is 0 Å². The van der Waals surface area contributed by atoms with Crippen LogP contribution in [0.25, 0.3) is 10.2 Å². The molecule has 7 heteroatoms. The second-order valence-electron chi connectivity index (χ2n) is 6.74. The van der Waals surface area contributed by atoms with Crippen LogP contribution in [0, 0.1) is 6.92 Å². The second-order valence-corrected chi connectivity index (χ2v) is 7.98. The number of likely N-dealkylation sites (tertiary alicyclic amines) is 1. The van der Waals surface area contributed by atoms with E-state index in [0.29, 0.717) is 11.4 Å². The van der Waals surface area contributed by atoms with E-state index in [9.17, 15) is 4.79 Å². The number of hydrogen-bond acceptors (Lipinski definition) is 6. The number of aryl methyl sites for hydroxylation is 1. The summed E-state index contributed by atoms with van der Waals surface area (Å²) in [4.78, 5) is 26.8. The molecular weight excluding hydrogens is 324 g/mol. The maximum Gasteiger partial charge on any atom is 0.259 e. The molecule has 0 atom stereocenters. The highest BCUT2D eigenvalue weighted by Gasteiger charge is 2.26. The van der Waals surface area contributed by atoms with E-state index in [0.717, 1.165) is 61.5 Å². The molecule has 130 valence electrons. The standard InChI is InChI=1S/C17H24N4O2S/c1-12-10-14-16(22)18-15(19-17(14)24-12)11-20-4-2-13(3-5-20)21-6-8-23-9-7-21/h10,13H,2-9,11H2,1H3,(H,18,19,22). The molecule has 4 rings (SSSR count). The number of thiophene rings is 1. The predicted molar refractivity (Wildman–Crippen MR) is 95.7 cm³/mol. The fraction of sp³-hybridized carbons (Fsp3) is 0.647. The number of H-pyrrole nitrogens is 1. The summed E-state index contributed by atoms with van der Waals surface area (Å²) in [6.07, 6.45) is 2.37. The third-order valence-corrected chi connectivity index (χ3v) is 6.01. The highest BCUT2D eigenvalue weighted by Crippen LogP contribution is 2.21. The number of nitrogens with one attached hydrogen (secondary N) is 1. The van der Waals surface area contributed by atoms with E-state index in [2.05, 4.69) is 19.8 Å². The van der Waals surface area contributed by atoms with E-state index in [1.165, 1.54) is 12.8 Å². The third kappa shape index (κ3) is 3.39. The van der Waals surface area contributed by atoms with Crippen LogP contribution in [0.5, 0.6) is 0 Å². The van der Waals surface area contributed by atoms with E-state index >= 15 is 0 Å². The molecule has 6 nitrogen and oxygen atoms in total.